The van der Waals surface area contributed by atoms with Crippen molar-refractivity contribution < 1.29 is 13.2 Å². The Labute approximate surface area is 127 Å². The molecule has 2 rings (SSSR count). The van der Waals surface area contributed by atoms with Crippen LogP contribution in [0.1, 0.15) is 26.7 Å². The summed E-state index contributed by atoms with van der Waals surface area (Å²) >= 11 is 0. The van der Waals surface area contributed by atoms with Gasteiger partial charge in [0.25, 0.3) is 10.2 Å². The van der Waals surface area contributed by atoms with Crippen molar-refractivity contribution in [2.75, 3.05) is 39.3 Å². The van der Waals surface area contributed by atoms with Gasteiger partial charge in [-0.25, -0.2) is 0 Å². The Hall–Kier alpha value is -0.700. The summed E-state index contributed by atoms with van der Waals surface area (Å²) in [5, 5.41) is 0. The second-order valence-electron chi connectivity index (χ2n) is 6.10. The number of nitrogens with zero attached hydrogens (tertiary/aromatic N) is 3. The summed E-state index contributed by atoms with van der Waals surface area (Å²) in [6, 6.07) is -0.342. The number of carbonyl (C=O) groups is 1. The van der Waals surface area contributed by atoms with Crippen molar-refractivity contribution in [2.45, 2.75) is 32.7 Å². The quantitative estimate of drug-likeness (QED) is 0.754. The van der Waals surface area contributed by atoms with E-state index >= 15 is 0 Å². The fourth-order valence-electron chi connectivity index (χ4n) is 2.88. The molecule has 8 heteroatoms. The normalized spacial score (nSPS) is 25.8. The van der Waals surface area contributed by atoms with Gasteiger partial charge in [0.2, 0.25) is 5.91 Å². The molecule has 7 nitrogen and oxygen atoms in total. The second-order valence-corrected chi connectivity index (χ2v) is 8.03. The van der Waals surface area contributed by atoms with Gasteiger partial charge in [-0.15, -0.1) is 0 Å². The van der Waals surface area contributed by atoms with Crippen LogP contribution in [0, 0.1) is 5.92 Å². The fraction of sp³-hybridized carbons (Fsp3) is 0.923. The number of nitrogens with two attached hydrogens (primary N) is 1. The van der Waals surface area contributed by atoms with E-state index in [1.807, 2.05) is 4.90 Å². The Kier molecular flexibility index (Phi) is 5.24. The van der Waals surface area contributed by atoms with Gasteiger partial charge >= 0.3 is 0 Å². The molecule has 1 atom stereocenters. The first-order valence-corrected chi connectivity index (χ1v) is 9.00. The van der Waals surface area contributed by atoms with E-state index in [-0.39, 0.29) is 11.9 Å². The smallest absolute Gasteiger partial charge is 0.282 e. The molecule has 0 radical (unpaired) electrons. The van der Waals surface area contributed by atoms with Crippen LogP contribution >= 0.6 is 0 Å². The zero-order valence-electron chi connectivity index (χ0n) is 12.9. The second kappa shape index (κ2) is 6.60. The maximum atomic E-state index is 12.6. The van der Waals surface area contributed by atoms with E-state index in [0.717, 1.165) is 12.8 Å². The molecular formula is C13H26N4O3S. The van der Waals surface area contributed by atoms with Crippen molar-refractivity contribution in [1.82, 2.24) is 13.5 Å². The van der Waals surface area contributed by atoms with E-state index in [9.17, 15) is 13.2 Å². The van der Waals surface area contributed by atoms with Crippen molar-refractivity contribution in [3.05, 3.63) is 0 Å². The maximum Gasteiger partial charge on any atom is 0.282 e. The van der Waals surface area contributed by atoms with Gasteiger partial charge < -0.3 is 5.73 Å². The lowest BCUT2D eigenvalue weighted by molar-refractivity contribution is -0.123. The summed E-state index contributed by atoms with van der Waals surface area (Å²) in [6.45, 7) is 7.09. The molecule has 0 aromatic heterocycles. The maximum absolute atomic E-state index is 12.6. The third-order valence-electron chi connectivity index (χ3n) is 4.63. The SMILES string of the molecule is CC1CCN(S(=O)(=O)N2CCN(C(C)C(N)=O)CC2)CC1. The third kappa shape index (κ3) is 3.74. The number of piperazine rings is 1. The van der Waals surface area contributed by atoms with Gasteiger partial charge in [-0.3, -0.25) is 9.69 Å². The lowest BCUT2D eigenvalue weighted by Crippen LogP contribution is -2.57. The Morgan fingerprint density at radius 3 is 2.00 bits per heavy atom. The lowest BCUT2D eigenvalue weighted by atomic mass is 10.0. The molecule has 0 saturated carbocycles. The van der Waals surface area contributed by atoms with E-state index in [0.29, 0.717) is 45.2 Å². The van der Waals surface area contributed by atoms with E-state index in [2.05, 4.69) is 6.92 Å². The van der Waals surface area contributed by atoms with Crippen molar-refractivity contribution in [3.8, 4) is 0 Å². The summed E-state index contributed by atoms with van der Waals surface area (Å²) in [6.07, 6.45) is 1.86. The van der Waals surface area contributed by atoms with Crippen LogP contribution in [0.15, 0.2) is 0 Å². The fourth-order valence-corrected chi connectivity index (χ4v) is 4.50. The summed E-state index contributed by atoms with van der Waals surface area (Å²) in [5.41, 5.74) is 5.30. The number of primary amides is 1. The van der Waals surface area contributed by atoms with Crippen molar-refractivity contribution >= 4 is 16.1 Å². The molecule has 0 aromatic carbocycles. The largest absolute Gasteiger partial charge is 0.368 e. The Bertz CT molecular complexity index is 466. The Morgan fingerprint density at radius 2 is 1.52 bits per heavy atom. The van der Waals surface area contributed by atoms with Gasteiger partial charge in [-0.2, -0.15) is 17.0 Å². The van der Waals surface area contributed by atoms with E-state index in [1.54, 1.807) is 11.2 Å². The number of piperidine rings is 1. The molecule has 2 aliphatic heterocycles. The number of hydrogen-bond acceptors (Lipinski definition) is 4. The highest BCUT2D eigenvalue weighted by atomic mass is 32.2. The molecule has 0 spiro atoms. The monoisotopic (exact) mass is 318 g/mol. The average Bonchev–Trinajstić information content (AvgIpc) is 2.47. The molecule has 0 aromatic rings. The predicted octanol–water partition coefficient (Wildman–Crippen LogP) is -0.545. The lowest BCUT2D eigenvalue weighted by Gasteiger charge is -2.39. The van der Waals surface area contributed by atoms with E-state index < -0.39 is 10.2 Å². The molecule has 1 amide bonds. The van der Waals surface area contributed by atoms with Gasteiger partial charge in [0.05, 0.1) is 6.04 Å². The minimum atomic E-state index is -3.35. The number of rotatable bonds is 4. The molecule has 2 aliphatic rings. The standard InChI is InChI=1S/C13H26N4O3S/c1-11-3-5-16(6-4-11)21(19,20)17-9-7-15(8-10-17)12(2)13(14)18/h11-12H,3-10H2,1-2H3,(H2,14,18). The third-order valence-corrected chi connectivity index (χ3v) is 6.66. The molecular weight excluding hydrogens is 292 g/mol. The van der Waals surface area contributed by atoms with Crippen LogP contribution in [0.4, 0.5) is 0 Å². The zero-order chi connectivity index (χ0) is 15.6. The highest BCUT2D eigenvalue weighted by molar-refractivity contribution is 7.86. The van der Waals surface area contributed by atoms with Crippen LogP contribution in [-0.2, 0) is 15.0 Å². The van der Waals surface area contributed by atoms with Crippen molar-refractivity contribution in [2.24, 2.45) is 11.7 Å². The van der Waals surface area contributed by atoms with Gasteiger partial charge in [0.1, 0.15) is 0 Å². The molecule has 122 valence electrons. The van der Waals surface area contributed by atoms with Crippen molar-refractivity contribution in [3.63, 3.8) is 0 Å². The Balaban J connectivity index is 1.93. The molecule has 2 saturated heterocycles. The van der Waals surface area contributed by atoms with Crippen LogP contribution in [0.2, 0.25) is 0 Å². The average molecular weight is 318 g/mol. The highest BCUT2D eigenvalue weighted by Gasteiger charge is 2.35. The van der Waals surface area contributed by atoms with E-state index in [4.69, 9.17) is 5.73 Å². The van der Waals surface area contributed by atoms with Gasteiger partial charge in [0.15, 0.2) is 0 Å². The molecule has 21 heavy (non-hydrogen) atoms. The first-order valence-electron chi connectivity index (χ1n) is 7.61. The number of amides is 1. The molecule has 2 heterocycles. The molecule has 0 bridgehead atoms. The minimum absolute atomic E-state index is 0.342. The molecule has 2 fully saturated rings. The zero-order valence-corrected chi connectivity index (χ0v) is 13.7. The van der Waals surface area contributed by atoms with Crippen LogP contribution in [0.3, 0.4) is 0 Å². The Morgan fingerprint density at radius 1 is 1.05 bits per heavy atom. The molecule has 2 N–H and O–H groups in total. The topological polar surface area (TPSA) is 87.0 Å². The molecule has 0 aliphatic carbocycles. The summed E-state index contributed by atoms with van der Waals surface area (Å²) in [5.74, 6) is 0.237. The number of hydrogen-bond donors (Lipinski definition) is 1. The van der Waals surface area contributed by atoms with Crippen LogP contribution in [-0.4, -0.2) is 73.1 Å². The van der Waals surface area contributed by atoms with Gasteiger partial charge in [0, 0.05) is 39.3 Å². The first kappa shape index (κ1) is 16.7. The summed E-state index contributed by atoms with van der Waals surface area (Å²) in [4.78, 5) is 13.1. The first-order chi connectivity index (χ1) is 9.82. The molecule has 1 unspecified atom stereocenters. The number of carbonyl (C=O) groups excluding carboxylic acids is 1. The highest BCUT2D eigenvalue weighted by Crippen LogP contribution is 2.21. The van der Waals surface area contributed by atoms with Gasteiger partial charge in [-0.05, 0) is 25.7 Å². The van der Waals surface area contributed by atoms with Crippen LogP contribution in [0.25, 0.3) is 0 Å². The van der Waals surface area contributed by atoms with Crippen LogP contribution < -0.4 is 5.73 Å². The van der Waals surface area contributed by atoms with Crippen molar-refractivity contribution in [1.29, 1.82) is 0 Å². The predicted molar refractivity (Wildman–Crippen MR) is 80.7 cm³/mol. The summed E-state index contributed by atoms with van der Waals surface area (Å²) in [7, 11) is -3.35. The van der Waals surface area contributed by atoms with Crippen LogP contribution in [0.5, 0.6) is 0 Å². The van der Waals surface area contributed by atoms with E-state index in [1.165, 1.54) is 4.31 Å². The summed E-state index contributed by atoms with van der Waals surface area (Å²) < 4.78 is 28.3. The minimum Gasteiger partial charge on any atom is -0.368 e. The van der Waals surface area contributed by atoms with Gasteiger partial charge in [-0.1, -0.05) is 6.92 Å².